The topological polar surface area (TPSA) is 99.6 Å². The van der Waals surface area contributed by atoms with Crippen LogP contribution in [-0.4, -0.2) is 24.5 Å². The normalized spacial score (nSPS) is 11.1. The van der Waals surface area contributed by atoms with Gasteiger partial charge in [0.15, 0.2) is 0 Å². The van der Waals surface area contributed by atoms with E-state index in [2.05, 4.69) is 9.71 Å². The van der Waals surface area contributed by atoms with E-state index >= 15 is 0 Å². The van der Waals surface area contributed by atoms with Gasteiger partial charge in [-0.1, -0.05) is 78.4 Å². The Morgan fingerprint density at radius 1 is 0.886 bits per heavy atom. The van der Waals surface area contributed by atoms with E-state index in [1.54, 1.807) is 12.1 Å². The molecule has 0 bridgehead atoms. The highest BCUT2D eigenvalue weighted by atomic mass is 32.2. The third kappa shape index (κ3) is 6.04. The van der Waals surface area contributed by atoms with E-state index in [0.717, 1.165) is 16.7 Å². The Labute approximate surface area is 204 Å². The van der Waals surface area contributed by atoms with Crippen molar-refractivity contribution in [3.8, 4) is 0 Å². The Morgan fingerprint density at radius 3 is 1.94 bits per heavy atom. The molecule has 35 heavy (non-hydrogen) atoms. The van der Waals surface area contributed by atoms with Crippen molar-refractivity contribution >= 4 is 27.5 Å². The number of nitrogens with zero attached hydrogens (tertiary/aromatic N) is 2. The number of rotatable bonds is 9. The summed E-state index contributed by atoms with van der Waals surface area (Å²) >= 11 is 0. The maximum absolute atomic E-state index is 12.8. The summed E-state index contributed by atoms with van der Waals surface area (Å²) in [7, 11) is -3.90. The van der Waals surface area contributed by atoms with Gasteiger partial charge < -0.3 is 10.0 Å². The number of pyridine rings is 1. The Kier molecular flexibility index (Phi) is 7.12. The molecule has 0 saturated heterocycles. The second-order valence-electron chi connectivity index (χ2n) is 8.15. The SMILES string of the molecule is Cc1ccc(S(=O)(=O)Nc2cnc(N(Cc3ccccc3)Cc3ccccc3)c(C(=O)O)c2)cc1. The van der Waals surface area contributed by atoms with Gasteiger partial charge in [-0.15, -0.1) is 0 Å². The summed E-state index contributed by atoms with van der Waals surface area (Å²) in [6.45, 7) is 2.72. The van der Waals surface area contributed by atoms with Gasteiger partial charge in [0.1, 0.15) is 11.4 Å². The Hall–Kier alpha value is -4.17. The third-order valence-electron chi connectivity index (χ3n) is 5.41. The number of carbonyl (C=O) groups is 1. The fourth-order valence-corrected chi connectivity index (χ4v) is 4.70. The lowest BCUT2D eigenvalue weighted by atomic mass is 10.1. The van der Waals surface area contributed by atoms with Gasteiger partial charge in [-0.3, -0.25) is 4.72 Å². The zero-order chi connectivity index (χ0) is 24.8. The zero-order valence-electron chi connectivity index (χ0n) is 19.1. The van der Waals surface area contributed by atoms with Crippen molar-refractivity contribution in [3.63, 3.8) is 0 Å². The molecular formula is C27H25N3O4S. The lowest BCUT2D eigenvalue weighted by Gasteiger charge is -2.26. The number of hydrogen-bond acceptors (Lipinski definition) is 5. The number of carboxylic acid groups (broad SMARTS) is 1. The minimum atomic E-state index is -3.90. The van der Waals surface area contributed by atoms with E-state index in [9.17, 15) is 18.3 Å². The molecule has 0 aliphatic rings. The lowest BCUT2D eigenvalue weighted by Crippen LogP contribution is -2.26. The average Bonchev–Trinajstić information content (AvgIpc) is 2.85. The molecule has 0 aliphatic carbocycles. The van der Waals surface area contributed by atoms with Crippen molar-refractivity contribution in [2.24, 2.45) is 0 Å². The van der Waals surface area contributed by atoms with Gasteiger partial charge in [-0.2, -0.15) is 0 Å². The highest BCUT2D eigenvalue weighted by Gasteiger charge is 2.21. The third-order valence-corrected chi connectivity index (χ3v) is 6.81. The summed E-state index contributed by atoms with van der Waals surface area (Å²) in [5, 5.41) is 9.97. The zero-order valence-corrected chi connectivity index (χ0v) is 19.9. The van der Waals surface area contributed by atoms with Crippen LogP contribution >= 0.6 is 0 Å². The van der Waals surface area contributed by atoms with Gasteiger partial charge in [0.2, 0.25) is 0 Å². The second kappa shape index (κ2) is 10.4. The molecule has 0 saturated carbocycles. The predicted octanol–water partition coefficient (Wildman–Crippen LogP) is 5.10. The molecule has 1 aromatic heterocycles. The standard InChI is InChI=1S/C27H25N3O4S/c1-20-12-14-24(15-13-20)35(33,34)29-23-16-25(27(31)32)26(28-17-23)30(18-21-8-4-2-5-9-21)19-22-10-6-3-7-11-22/h2-17,29H,18-19H2,1H3,(H,31,32). The van der Waals surface area contributed by atoms with Crippen LogP contribution in [0.4, 0.5) is 11.5 Å². The summed E-state index contributed by atoms with van der Waals surface area (Å²) < 4.78 is 28.0. The molecule has 0 fully saturated rings. The van der Waals surface area contributed by atoms with Gasteiger partial charge in [0, 0.05) is 13.1 Å². The maximum atomic E-state index is 12.8. The van der Waals surface area contributed by atoms with Crippen LogP contribution in [0.25, 0.3) is 0 Å². The van der Waals surface area contributed by atoms with Crippen molar-refractivity contribution < 1.29 is 18.3 Å². The van der Waals surface area contributed by atoms with Crippen molar-refractivity contribution in [1.82, 2.24) is 4.98 Å². The van der Waals surface area contributed by atoms with E-state index in [-0.39, 0.29) is 22.0 Å². The van der Waals surface area contributed by atoms with Crippen molar-refractivity contribution in [2.75, 3.05) is 9.62 Å². The second-order valence-corrected chi connectivity index (χ2v) is 9.83. The molecule has 0 amide bonds. The number of benzene rings is 3. The fraction of sp³-hybridized carbons (Fsp3) is 0.111. The van der Waals surface area contributed by atoms with E-state index in [4.69, 9.17) is 0 Å². The van der Waals surface area contributed by atoms with Gasteiger partial charge in [-0.25, -0.2) is 18.2 Å². The van der Waals surface area contributed by atoms with Crippen LogP contribution < -0.4 is 9.62 Å². The quantitative estimate of drug-likeness (QED) is 0.341. The predicted molar refractivity (Wildman–Crippen MR) is 136 cm³/mol. The monoisotopic (exact) mass is 487 g/mol. The molecule has 4 aromatic rings. The van der Waals surface area contributed by atoms with Crippen molar-refractivity contribution in [3.05, 3.63) is 119 Å². The molecule has 0 radical (unpaired) electrons. The number of sulfonamides is 1. The molecule has 8 heteroatoms. The van der Waals surface area contributed by atoms with Gasteiger partial charge >= 0.3 is 5.97 Å². The number of aryl methyl sites for hydroxylation is 1. The van der Waals surface area contributed by atoms with Crippen LogP contribution in [0.5, 0.6) is 0 Å². The molecular weight excluding hydrogens is 462 g/mol. The molecule has 0 unspecified atom stereocenters. The molecule has 3 aromatic carbocycles. The molecule has 4 rings (SSSR count). The number of hydrogen-bond donors (Lipinski definition) is 2. The summed E-state index contributed by atoms with van der Waals surface area (Å²) in [6.07, 6.45) is 1.34. The minimum absolute atomic E-state index is 0.0751. The van der Waals surface area contributed by atoms with E-state index in [1.807, 2.05) is 72.5 Å². The first-order chi connectivity index (χ1) is 16.8. The highest BCUT2D eigenvalue weighted by molar-refractivity contribution is 7.92. The van der Waals surface area contributed by atoms with Crippen LogP contribution in [0, 0.1) is 6.92 Å². The Bertz CT molecular complexity index is 1370. The average molecular weight is 488 g/mol. The molecule has 0 aliphatic heterocycles. The van der Waals surface area contributed by atoms with Crippen molar-refractivity contribution in [1.29, 1.82) is 0 Å². The number of aromatic carboxylic acids is 1. The van der Waals surface area contributed by atoms with E-state index in [0.29, 0.717) is 13.1 Å². The maximum Gasteiger partial charge on any atom is 0.339 e. The number of anilines is 2. The van der Waals surface area contributed by atoms with Crippen LogP contribution in [-0.2, 0) is 23.1 Å². The van der Waals surface area contributed by atoms with Crippen molar-refractivity contribution in [2.45, 2.75) is 24.9 Å². The van der Waals surface area contributed by atoms with Gasteiger partial charge in [-0.05, 0) is 36.2 Å². The Morgan fingerprint density at radius 2 is 1.43 bits per heavy atom. The number of nitrogens with one attached hydrogen (secondary N) is 1. The van der Waals surface area contributed by atoms with Crippen LogP contribution in [0.1, 0.15) is 27.0 Å². The minimum Gasteiger partial charge on any atom is -0.478 e. The van der Waals surface area contributed by atoms with E-state index < -0.39 is 16.0 Å². The van der Waals surface area contributed by atoms with E-state index in [1.165, 1.54) is 24.4 Å². The van der Waals surface area contributed by atoms with Crippen LogP contribution in [0.15, 0.2) is 102 Å². The largest absolute Gasteiger partial charge is 0.478 e. The first kappa shape index (κ1) is 24.0. The van der Waals surface area contributed by atoms with Crippen LogP contribution in [0.2, 0.25) is 0 Å². The van der Waals surface area contributed by atoms with Gasteiger partial charge in [0.05, 0.1) is 16.8 Å². The molecule has 2 N–H and O–H groups in total. The summed E-state index contributed by atoms with van der Waals surface area (Å²) in [4.78, 5) is 18.6. The molecule has 0 atom stereocenters. The van der Waals surface area contributed by atoms with Gasteiger partial charge in [0.25, 0.3) is 10.0 Å². The summed E-state index contributed by atoms with van der Waals surface area (Å²) in [5.74, 6) is -0.946. The molecule has 1 heterocycles. The smallest absolute Gasteiger partial charge is 0.339 e. The van der Waals surface area contributed by atoms with Crippen LogP contribution in [0.3, 0.4) is 0 Å². The first-order valence-corrected chi connectivity index (χ1v) is 12.5. The summed E-state index contributed by atoms with van der Waals surface area (Å²) in [5.41, 5.74) is 2.89. The highest BCUT2D eigenvalue weighted by Crippen LogP contribution is 2.26. The molecule has 178 valence electrons. The number of aromatic nitrogens is 1. The molecule has 0 spiro atoms. The first-order valence-electron chi connectivity index (χ1n) is 11.0. The molecule has 7 nitrogen and oxygen atoms in total. The Balaban J connectivity index is 1.69. The lowest BCUT2D eigenvalue weighted by molar-refractivity contribution is 0.0697. The number of carboxylic acids is 1. The summed E-state index contributed by atoms with van der Waals surface area (Å²) in [6, 6.07) is 27.1. The fourth-order valence-electron chi connectivity index (χ4n) is 3.67.